The van der Waals surface area contributed by atoms with E-state index in [0.29, 0.717) is 13.2 Å². The maximum absolute atomic E-state index is 11.0. The van der Waals surface area contributed by atoms with E-state index in [2.05, 4.69) is 15.5 Å². The van der Waals surface area contributed by atoms with Gasteiger partial charge in [0.25, 0.3) is 0 Å². The Labute approximate surface area is 68.4 Å². The molecule has 0 aromatic carbocycles. The summed E-state index contributed by atoms with van der Waals surface area (Å²) in [6.45, 7) is 4.96. The van der Waals surface area contributed by atoms with Crippen LogP contribution in [-0.2, 0) is 13.6 Å². The molecule has 0 radical (unpaired) electrons. The van der Waals surface area contributed by atoms with E-state index in [1.807, 2.05) is 13.8 Å². The Hall–Kier alpha value is 0.630. The van der Waals surface area contributed by atoms with Gasteiger partial charge in [-0.3, -0.25) is 9.05 Å². The van der Waals surface area contributed by atoms with Crippen molar-refractivity contribution in [2.45, 2.75) is 13.8 Å². The van der Waals surface area contributed by atoms with Crippen molar-refractivity contribution in [3.8, 4) is 0 Å². The lowest BCUT2D eigenvalue weighted by Crippen LogP contribution is -2.28. The quantitative estimate of drug-likeness (QED) is 0.598. The molecule has 0 spiro atoms. The fourth-order valence-corrected chi connectivity index (χ4v) is 2.28. The van der Waals surface area contributed by atoms with Gasteiger partial charge in [0.15, 0.2) is 0 Å². The van der Waals surface area contributed by atoms with Gasteiger partial charge in [-0.25, -0.2) is 4.57 Å². The molecule has 60 valence electrons. The van der Waals surface area contributed by atoms with Crippen molar-refractivity contribution in [1.82, 2.24) is 0 Å². The zero-order valence-corrected chi connectivity index (χ0v) is 8.44. The predicted octanol–water partition coefficient (Wildman–Crippen LogP) is 2.56. The zero-order valence-electron chi connectivity index (χ0n) is 5.96. The van der Waals surface area contributed by atoms with Gasteiger partial charge >= 0.3 is 6.30 Å². The molecule has 0 aromatic heterocycles. The van der Waals surface area contributed by atoms with E-state index in [1.54, 1.807) is 0 Å². The number of hydrogen-bond donors (Lipinski definition) is 0. The van der Waals surface area contributed by atoms with E-state index in [0.717, 1.165) is 0 Å². The van der Waals surface area contributed by atoms with E-state index in [9.17, 15) is 4.57 Å². The first-order chi connectivity index (χ1) is 4.41. The van der Waals surface area contributed by atoms with E-state index in [4.69, 9.17) is 9.05 Å². The third kappa shape index (κ3) is 2.35. The molecule has 3 nitrogen and oxygen atoms in total. The van der Waals surface area contributed by atoms with Crippen molar-refractivity contribution in [2.75, 3.05) is 13.2 Å². The van der Waals surface area contributed by atoms with Crippen LogP contribution < -0.4 is 0 Å². The summed E-state index contributed by atoms with van der Waals surface area (Å²) in [6.07, 6.45) is -2.85. The molecule has 0 atom stereocenters. The molecule has 0 amide bonds. The molecule has 1 heterocycles. The minimum atomic E-state index is -2.85. The van der Waals surface area contributed by atoms with Crippen LogP contribution >= 0.6 is 21.8 Å². The molecule has 1 fully saturated rings. The summed E-state index contributed by atoms with van der Waals surface area (Å²) >= 11 is 2.86. The van der Waals surface area contributed by atoms with Crippen LogP contribution in [0.5, 0.6) is 0 Å². The summed E-state index contributed by atoms with van der Waals surface area (Å²) in [5.74, 6) is 0. The highest BCUT2D eigenvalue weighted by Crippen LogP contribution is 2.59. The van der Waals surface area contributed by atoms with Gasteiger partial charge in [-0.2, -0.15) is 0 Å². The molecule has 0 saturated carbocycles. The fraction of sp³-hybridized carbons (Fsp3) is 1.00. The molecule has 0 unspecified atom stereocenters. The summed E-state index contributed by atoms with van der Waals surface area (Å²) in [5.41, 5.74) is -0.0122. The van der Waals surface area contributed by atoms with Gasteiger partial charge in [0, 0.05) is 20.9 Å². The lowest BCUT2D eigenvalue weighted by Gasteiger charge is -2.31. The first-order valence-corrected chi connectivity index (χ1v) is 6.56. The Morgan fingerprint density at radius 1 is 1.40 bits per heavy atom. The normalized spacial score (nSPS) is 29.9. The van der Waals surface area contributed by atoms with Gasteiger partial charge in [0.1, 0.15) is 0 Å². The molecule has 1 rings (SSSR count). The third-order valence-corrected chi connectivity index (χ3v) is 3.32. The Kier molecular flexibility index (Phi) is 2.26. The van der Waals surface area contributed by atoms with E-state index < -0.39 is 6.30 Å². The first kappa shape index (κ1) is 8.72. The van der Waals surface area contributed by atoms with Gasteiger partial charge in [0.2, 0.25) is 0 Å². The van der Waals surface area contributed by atoms with Crippen molar-refractivity contribution >= 4 is 21.8 Å². The van der Waals surface area contributed by atoms with Crippen molar-refractivity contribution in [3.05, 3.63) is 0 Å². The van der Waals surface area contributed by atoms with Crippen molar-refractivity contribution < 1.29 is 13.6 Å². The second-order valence-corrected chi connectivity index (χ2v) is 7.13. The highest BCUT2D eigenvalue weighted by Gasteiger charge is 2.34. The smallest absolute Gasteiger partial charge is 0.300 e. The van der Waals surface area contributed by atoms with Gasteiger partial charge in [-0.1, -0.05) is 13.8 Å². The van der Waals surface area contributed by atoms with Crippen LogP contribution in [0.2, 0.25) is 0 Å². The topological polar surface area (TPSA) is 35.5 Å². The van der Waals surface area contributed by atoms with Gasteiger partial charge < -0.3 is 0 Å². The van der Waals surface area contributed by atoms with Crippen LogP contribution in [0.1, 0.15) is 13.8 Å². The second kappa shape index (κ2) is 2.59. The molecule has 5 heteroatoms. The minimum Gasteiger partial charge on any atom is -0.300 e. The van der Waals surface area contributed by atoms with Crippen LogP contribution in [0.4, 0.5) is 0 Å². The molecule has 1 saturated heterocycles. The van der Waals surface area contributed by atoms with E-state index >= 15 is 0 Å². The lowest BCUT2D eigenvalue weighted by molar-refractivity contribution is 0.0508. The highest BCUT2D eigenvalue weighted by atomic mass is 79.9. The number of halogens is 1. The predicted molar refractivity (Wildman–Crippen MR) is 42.2 cm³/mol. The zero-order chi connectivity index (χ0) is 7.83. The number of hydrogen-bond acceptors (Lipinski definition) is 3. The monoisotopic (exact) mass is 228 g/mol. The van der Waals surface area contributed by atoms with Crippen LogP contribution in [0, 0.1) is 5.41 Å². The summed E-state index contributed by atoms with van der Waals surface area (Å²) < 4.78 is 20.9. The van der Waals surface area contributed by atoms with Crippen molar-refractivity contribution in [1.29, 1.82) is 0 Å². The first-order valence-electron chi connectivity index (χ1n) is 3.00. The molecule has 0 N–H and O–H groups in total. The van der Waals surface area contributed by atoms with Gasteiger partial charge in [-0.15, -0.1) is 0 Å². The number of rotatable bonds is 0. The molecular weight excluding hydrogens is 219 g/mol. The lowest BCUT2D eigenvalue weighted by atomic mass is 9.97. The van der Waals surface area contributed by atoms with Crippen molar-refractivity contribution in [3.63, 3.8) is 0 Å². The second-order valence-electron chi connectivity index (χ2n) is 3.14. The third-order valence-electron chi connectivity index (χ3n) is 1.22. The van der Waals surface area contributed by atoms with E-state index in [1.165, 1.54) is 0 Å². The van der Waals surface area contributed by atoms with Gasteiger partial charge in [0.05, 0.1) is 13.2 Å². The average Bonchev–Trinajstić information content (AvgIpc) is 1.79. The Balaban J connectivity index is 2.54. The summed E-state index contributed by atoms with van der Waals surface area (Å²) in [7, 11) is 0. The van der Waals surface area contributed by atoms with Crippen molar-refractivity contribution in [2.24, 2.45) is 5.41 Å². The Morgan fingerprint density at radius 3 is 2.10 bits per heavy atom. The Bertz CT molecular complexity index is 166. The summed E-state index contributed by atoms with van der Waals surface area (Å²) in [4.78, 5) is 0. The largest absolute Gasteiger partial charge is 0.396 e. The standard InChI is InChI=1S/C5H10BrO3P/c1-5(2)3-8-10(6,7)9-4-5/h3-4H2,1-2H3. The maximum atomic E-state index is 11.0. The minimum absolute atomic E-state index is 0.0122. The molecule has 0 bridgehead atoms. The molecule has 10 heavy (non-hydrogen) atoms. The summed E-state index contributed by atoms with van der Waals surface area (Å²) in [5, 5.41) is 0. The SMILES string of the molecule is CC1(C)COP(=O)(Br)OC1. The molecule has 1 aliphatic rings. The van der Waals surface area contributed by atoms with Crippen LogP contribution in [0.15, 0.2) is 0 Å². The van der Waals surface area contributed by atoms with Gasteiger partial charge in [-0.05, 0) is 0 Å². The summed E-state index contributed by atoms with van der Waals surface area (Å²) in [6, 6.07) is 0. The molecule has 0 aromatic rings. The van der Waals surface area contributed by atoms with E-state index in [-0.39, 0.29) is 5.41 Å². The maximum Gasteiger partial charge on any atom is 0.396 e. The fourth-order valence-electron chi connectivity index (χ4n) is 0.583. The Morgan fingerprint density at radius 2 is 1.80 bits per heavy atom. The molecular formula is C5H10BrO3P. The molecule has 0 aliphatic carbocycles. The highest BCUT2D eigenvalue weighted by molar-refractivity contribution is 9.39. The van der Waals surface area contributed by atoms with Crippen LogP contribution in [0.25, 0.3) is 0 Å². The van der Waals surface area contributed by atoms with Crippen LogP contribution in [0.3, 0.4) is 0 Å². The molecule has 1 aliphatic heterocycles. The average molecular weight is 229 g/mol. The van der Waals surface area contributed by atoms with Crippen LogP contribution in [-0.4, -0.2) is 13.2 Å².